The molecule has 0 saturated heterocycles. The number of Topliss-reactive ketones (excluding diaryl/α,β-unsaturated/α-hetero) is 1. The number of aromatic nitrogens is 1. The topological polar surface area (TPSA) is 57.5 Å². The Morgan fingerprint density at radius 3 is 2.86 bits per heavy atom. The van der Waals surface area contributed by atoms with Gasteiger partial charge in [-0.25, -0.2) is 4.79 Å². The number of aryl methyl sites for hydroxylation is 1. The van der Waals surface area contributed by atoms with Crippen LogP contribution in [0.1, 0.15) is 23.0 Å². The van der Waals surface area contributed by atoms with Gasteiger partial charge in [0.15, 0.2) is 0 Å². The number of nitrogens with zero attached hydrogens (tertiary/aromatic N) is 1. The number of fused-ring (bicyclic) bond motifs is 3. The lowest BCUT2D eigenvalue weighted by atomic mass is 10.1. The summed E-state index contributed by atoms with van der Waals surface area (Å²) in [7, 11) is 1.92. The van der Waals surface area contributed by atoms with Crippen molar-refractivity contribution >= 4 is 34.0 Å². The van der Waals surface area contributed by atoms with Crippen LogP contribution in [-0.4, -0.2) is 22.6 Å². The second kappa shape index (κ2) is 6.21. The minimum atomic E-state index is -0.762. The summed E-state index contributed by atoms with van der Waals surface area (Å²) in [4.78, 5) is 25.6. The monoisotopic (exact) mass is 391 g/mol. The fourth-order valence-electron chi connectivity index (χ4n) is 3.82. The Balaban J connectivity index is 1.47. The summed E-state index contributed by atoms with van der Waals surface area (Å²) in [6.45, 7) is 1.67. The SMILES string of the molecule is CC1=C[C@H](O/C=C2\Cc3c(n(C)c4cc(-c5cccs5)ccc34)C2=O)OC1=O. The molecule has 3 aromatic rings. The van der Waals surface area contributed by atoms with Gasteiger partial charge in [-0.3, -0.25) is 4.79 Å². The number of rotatable bonds is 3. The lowest BCUT2D eigenvalue weighted by molar-refractivity contribution is -0.152. The number of hydrogen-bond donors (Lipinski definition) is 0. The summed E-state index contributed by atoms with van der Waals surface area (Å²) >= 11 is 1.70. The summed E-state index contributed by atoms with van der Waals surface area (Å²) in [5.74, 6) is -0.437. The van der Waals surface area contributed by atoms with Crippen LogP contribution in [0.2, 0.25) is 0 Å². The molecule has 0 N–H and O–H groups in total. The summed E-state index contributed by atoms with van der Waals surface area (Å²) < 4.78 is 12.5. The third-order valence-electron chi connectivity index (χ3n) is 5.26. The number of benzene rings is 1. The smallest absolute Gasteiger partial charge is 0.336 e. The second-order valence-corrected chi connectivity index (χ2v) is 7.95. The molecule has 1 atom stereocenters. The van der Waals surface area contributed by atoms with Gasteiger partial charge in [0, 0.05) is 46.5 Å². The van der Waals surface area contributed by atoms with Crippen LogP contribution in [0, 0.1) is 0 Å². The van der Waals surface area contributed by atoms with Gasteiger partial charge in [0.05, 0.1) is 12.0 Å². The van der Waals surface area contributed by atoms with Crippen molar-refractivity contribution in [3.05, 3.63) is 70.5 Å². The van der Waals surface area contributed by atoms with Crippen molar-refractivity contribution in [2.45, 2.75) is 19.6 Å². The lowest BCUT2D eigenvalue weighted by Crippen LogP contribution is -2.11. The first-order valence-electron chi connectivity index (χ1n) is 8.96. The number of thiophene rings is 1. The number of carbonyl (C=O) groups excluding carboxylic acids is 2. The van der Waals surface area contributed by atoms with Crippen molar-refractivity contribution < 1.29 is 19.1 Å². The molecule has 3 heterocycles. The third kappa shape index (κ3) is 2.52. The second-order valence-electron chi connectivity index (χ2n) is 7.00. The van der Waals surface area contributed by atoms with Crippen LogP contribution in [0.15, 0.2) is 59.2 Å². The molecule has 2 aliphatic rings. The highest BCUT2D eigenvalue weighted by Gasteiger charge is 2.32. The number of esters is 1. The summed E-state index contributed by atoms with van der Waals surface area (Å²) in [5.41, 5.74) is 5.00. The van der Waals surface area contributed by atoms with Crippen molar-refractivity contribution in [3.8, 4) is 10.4 Å². The summed E-state index contributed by atoms with van der Waals surface area (Å²) in [6, 6.07) is 10.5. The molecule has 0 spiro atoms. The van der Waals surface area contributed by atoms with E-state index in [0.717, 1.165) is 22.0 Å². The molecule has 1 aliphatic heterocycles. The highest BCUT2D eigenvalue weighted by Crippen LogP contribution is 2.37. The van der Waals surface area contributed by atoms with Gasteiger partial charge in [-0.05, 0) is 35.6 Å². The number of ketones is 1. The van der Waals surface area contributed by atoms with E-state index in [1.54, 1.807) is 24.3 Å². The van der Waals surface area contributed by atoms with Crippen LogP contribution in [0.5, 0.6) is 0 Å². The van der Waals surface area contributed by atoms with Crippen LogP contribution < -0.4 is 0 Å². The minimum absolute atomic E-state index is 0.0450. The highest BCUT2D eigenvalue weighted by molar-refractivity contribution is 7.13. The molecule has 140 valence electrons. The fourth-order valence-corrected chi connectivity index (χ4v) is 4.54. The van der Waals surface area contributed by atoms with E-state index in [4.69, 9.17) is 9.47 Å². The standard InChI is InChI=1S/C22H17NO4S/c1-12-8-19(27-22(12)25)26-11-14-9-16-15-6-5-13(18-4-3-7-28-18)10-17(15)23(2)20(16)21(14)24/h3-8,10-11,19H,9H2,1-2H3/b14-11+/t19-/m1/s1. The molecule has 0 radical (unpaired) electrons. The Morgan fingerprint density at radius 2 is 2.14 bits per heavy atom. The summed E-state index contributed by atoms with van der Waals surface area (Å²) in [6.07, 6.45) is 2.78. The predicted molar refractivity (Wildman–Crippen MR) is 107 cm³/mol. The first kappa shape index (κ1) is 17.0. The van der Waals surface area contributed by atoms with Gasteiger partial charge in [0.2, 0.25) is 5.78 Å². The fraction of sp³-hybridized carbons (Fsp3) is 0.182. The Bertz CT molecular complexity index is 1200. The van der Waals surface area contributed by atoms with Crippen molar-refractivity contribution in [3.63, 3.8) is 0 Å². The van der Waals surface area contributed by atoms with Crippen LogP contribution in [0.3, 0.4) is 0 Å². The van der Waals surface area contributed by atoms with Crippen molar-refractivity contribution in [2.24, 2.45) is 7.05 Å². The zero-order valence-electron chi connectivity index (χ0n) is 15.4. The maximum Gasteiger partial charge on any atom is 0.336 e. The molecule has 0 fully saturated rings. The van der Waals surface area contributed by atoms with Gasteiger partial charge in [0.1, 0.15) is 0 Å². The van der Waals surface area contributed by atoms with Crippen molar-refractivity contribution in [1.29, 1.82) is 0 Å². The molecule has 5 nitrogen and oxygen atoms in total. The van der Waals surface area contributed by atoms with E-state index >= 15 is 0 Å². The molecule has 6 heteroatoms. The molecular weight excluding hydrogens is 374 g/mol. The number of allylic oxidation sites excluding steroid dienone is 1. The number of cyclic esters (lactones) is 1. The molecule has 0 amide bonds. The maximum atomic E-state index is 12.9. The lowest BCUT2D eigenvalue weighted by Gasteiger charge is -2.08. The zero-order valence-corrected chi connectivity index (χ0v) is 16.2. The molecule has 0 unspecified atom stereocenters. The van der Waals surface area contributed by atoms with Gasteiger partial charge in [0.25, 0.3) is 6.29 Å². The minimum Gasteiger partial charge on any atom is -0.458 e. The van der Waals surface area contributed by atoms with Crippen molar-refractivity contribution in [2.75, 3.05) is 0 Å². The number of ether oxygens (including phenoxy) is 2. The van der Waals surface area contributed by atoms with E-state index < -0.39 is 12.3 Å². The van der Waals surface area contributed by atoms with E-state index in [9.17, 15) is 9.59 Å². The third-order valence-corrected chi connectivity index (χ3v) is 6.18. The van der Waals surface area contributed by atoms with Gasteiger partial charge < -0.3 is 14.0 Å². The van der Waals surface area contributed by atoms with Crippen LogP contribution >= 0.6 is 11.3 Å². The predicted octanol–water partition coefficient (Wildman–Crippen LogP) is 4.38. The average molecular weight is 391 g/mol. The Kier molecular flexibility index (Phi) is 3.77. The van der Waals surface area contributed by atoms with Gasteiger partial charge >= 0.3 is 5.97 Å². The van der Waals surface area contributed by atoms with Gasteiger partial charge in [-0.2, -0.15) is 0 Å². The number of carbonyl (C=O) groups is 2. The molecule has 5 rings (SSSR count). The average Bonchev–Trinajstić information content (AvgIpc) is 3.43. The Hall–Kier alpha value is -3.12. The molecule has 1 aromatic carbocycles. The van der Waals surface area contributed by atoms with E-state index in [0.29, 0.717) is 23.3 Å². The van der Waals surface area contributed by atoms with E-state index in [1.807, 2.05) is 17.7 Å². The van der Waals surface area contributed by atoms with Crippen LogP contribution in [0.25, 0.3) is 21.3 Å². The Morgan fingerprint density at radius 1 is 1.29 bits per heavy atom. The molecule has 0 bridgehead atoms. The van der Waals surface area contributed by atoms with Crippen molar-refractivity contribution in [1.82, 2.24) is 4.57 Å². The molecule has 2 aromatic heterocycles. The molecular formula is C22H17NO4S. The van der Waals surface area contributed by atoms with E-state index in [1.165, 1.54) is 11.1 Å². The van der Waals surface area contributed by atoms with E-state index in [-0.39, 0.29) is 5.78 Å². The molecule has 1 aliphatic carbocycles. The van der Waals surface area contributed by atoms with Gasteiger partial charge in [-0.1, -0.05) is 18.2 Å². The first-order chi connectivity index (χ1) is 13.5. The van der Waals surface area contributed by atoms with E-state index in [2.05, 4.69) is 29.6 Å². The number of hydrogen-bond acceptors (Lipinski definition) is 5. The van der Waals surface area contributed by atoms with Crippen LogP contribution in [0.4, 0.5) is 0 Å². The quantitative estimate of drug-likeness (QED) is 0.378. The Labute approximate surface area is 165 Å². The zero-order chi connectivity index (χ0) is 19.4. The highest BCUT2D eigenvalue weighted by atomic mass is 32.1. The largest absolute Gasteiger partial charge is 0.458 e. The van der Waals surface area contributed by atoms with Crippen LogP contribution in [-0.2, 0) is 27.7 Å². The normalized spacial score (nSPS) is 20.0. The first-order valence-corrected chi connectivity index (χ1v) is 9.84. The van der Waals surface area contributed by atoms with Gasteiger partial charge in [-0.15, -0.1) is 11.3 Å². The maximum absolute atomic E-state index is 12.9. The molecule has 0 saturated carbocycles. The summed E-state index contributed by atoms with van der Waals surface area (Å²) in [5, 5.41) is 3.14. The molecule has 28 heavy (non-hydrogen) atoms.